The molecule has 3 aliphatic heterocycles. The van der Waals surface area contributed by atoms with Crippen LogP contribution in [0.5, 0.6) is 5.75 Å². The van der Waals surface area contributed by atoms with Crippen molar-refractivity contribution < 1.29 is 101 Å². The van der Waals surface area contributed by atoms with Crippen LogP contribution in [0, 0.1) is 23.7 Å². The first kappa shape index (κ1) is 91.9. The van der Waals surface area contributed by atoms with Crippen molar-refractivity contribution in [3.05, 3.63) is 65.0 Å². The number of aryl methyl sites for hydroxylation is 1. The zero-order valence-corrected chi connectivity index (χ0v) is 68.6. The normalized spacial score (nSPS) is 21.4. The molecule has 115 heavy (non-hydrogen) atoms. The topological polar surface area (TPSA) is 581 Å². The maximum absolute atomic E-state index is 15.3. The Balaban J connectivity index is 1.07. The number of aliphatic hydroxyl groups is 3. The van der Waals surface area contributed by atoms with Gasteiger partial charge in [0.05, 0.1) is 77.3 Å². The minimum Gasteiger partial charge on any atom is -0.445 e. The van der Waals surface area contributed by atoms with E-state index in [0.29, 0.717) is 41.3 Å². The highest BCUT2D eigenvalue weighted by Crippen LogP contribution is 2.32. The van der Waals surface area contributed by atoms with Gasteiger partial charge < -0.3 is 109 Å². The third-order valence-corrected chi connectivity index (χ3v) is 22.3. The van der Waals surface area contributed by atoms with E-state index in [-0.39, 0.29) is 78.7 Å². The van der Waals surface area contributed by atoms with E-state index in [1.807, 2.05) is 0 Å². The maximum atomic E-state index is 15.3. The lowest BCUT2D eigenvalue weighted by molar-refractivity contribution is -0.145. The van der Waals surface area contributed by atoms with Gasteiger partial charge in [-0.05, 0) is 66.5 Å². The second kappa shape index (κ2) is 43.5. The summed E-state index contributed by atoms with van der Waals surface area (Å²) in [5, 5.41) is 66.9. The summed E-state index contributed by atoms with van der Waals surface area (Å²) in [6, 6.07) is -1.13. The minimum atomic E-state index is -2.52. The molecule has 3 aliphatic rings. The number of ether oxygens (including phenoxy) is 2. The molecule has 18 N–H and O–H groups in total. The van der Waals surface area contributed by atoms with Gasteiger partial charge in [-0.3, -0.25) is 61.7 Å². The number of hydrogen-bond acceptors (Lipinski definition) is 23. The fourth-order valence-electron chi connectivity index (χ4n) is 12.9. The number of alkyl halides is 2. The van der Waals surface area contributed by atoms with Crippen LogP contribution in [-0.2, 0) is 103 Å². The predicted octanol–water partition coefficient (Wildman–Crippen LogP) is -1.96. The number of benzene rings is 2. The molecule has 7 rings (SSSR count). The Labute approximate surface area is 680 Å². The Hall–Kier alpha value is -10.2. The summed E-state index contributed by atoms with van der Waals surface area (Å²) in [6.45, 7) is 4.99. The molecule has 2 aromatic carbocycles. The highest BCUT2D eigenvalue weighted by molar-refractivity contribution is 9.09. The van der Waals surface area contributed by atoms with Crippen molar-refractivity contribution in [1.29, 1.82) is 0 Å². The van der Waals surface area contributed by atoms with E-state index in [9.17, 15) is 87.2 Å². The van der Waals surface area contributed by atoms with Gasteiger partial charge in [-0.25, -0.2) is 19.1 Å². The lowest BCUT2D eigenvalue weighted by Gasteiger charge is -2.32. The number of carbonyl (C=O) groups excluding carboxylic acids is 15. The number of rotatable bonds is 29. The number of aromatic amines is 1. The molecule has 0 spiro atoms. The first-order valence-corrected chi connectivity index (χ1v) is 40.8. The van der Waals surface area contributed by atoms with Crippen LogP contribution in [0.4, 0.5) is 20.1 Å². The van der Waals surface area contributed by atoms with E-state index in [2.05, 4.69) is 100 Å². The standard InChI is InChI=1S/C72H101Br2N19O21S/c1-8-37(4)60-65(105)79-30-57(100)81-50-35-115(112)68-45(27-48(62(102)78-31-58(101)86-60)83-67(107)61(38(5)54(97)33-94)87-64(104)51-25-42(95)32-92(51)69(108)40(23-53(50)96)24-55(75)98)44-18-17-43(26-47(44)84-68)114-72(111)91(7)22-21-90(6)71(110)113-34-39-13-15-41(16-14-39)80-63(103)46(11-9-19-77-70(76)109)82-66(106)59(36(2)3)85-56(99)12-10-20-93-52(29-74)49(28-73)88-89-93/h13-18,26,36-38,40,42,46,48,50-51,54,59-61,84,94-95,97H,8-12,19-25,27-35H2,1-7H3,(H2,75,98)(H,78,102)(H,79,105)(H,80,103)(H,81,100)(H,82,106)(H,83,107)(H,85,99)(H,86,101)(H,87,104)(H3,76,77,109)/t37-,38-,40-,42+,46-,48+,50-,51-,54-,59-,60-,61-,115?/m0/s1. The fourth-order valence-corrected chi connectivity index (χ4v) is 15.3. The number of likely N-dealkylation sites (N-methyl/N-ethyl adjacent to an activating group) is 2. The number of ketones is 1. The summed E-state index contributed by atoms with van der Waals surface area (Å²) in [6.07, 6.45) is -6.61. The van der Waals surface area contributed by atoms with Gasteiger partial charge >= 0.3 is 18.2 Å². The Morgan fingerprint density at radius 1 is 0.791 bits per heavy atom. The van der Waals surface area contributed by atoms with Crippen molar-refractivity contribution in [1.82, 2.24) is 82.5 Å². The molecule has 2 aromatic heterocycles. The molecule has 2 bridgehead atoms. The molecule has 0 saturated carbocycles. The summed E-state index contributed by atoms with van der Waals surface area (Å²) in [4.78, 5) is 213. The molecule has 15 amide bonds. The van der Waals surface area contributed by atoms with Gasteiger partial charge in [0.15, 0.2) is 5.78 Å². The molecule has 4 aromatic rings. The lowest BCUT2D eigenvalue weighted by Crippen LogP contribution is -2.61. The Morgan fingerprint density at radius 2 is 1.47 bits per heavy atom. The van der Waals surface area contributed by atoms with Gasteiger partial charge in [-0.1, -0.05) is 90.2 Å². The number of Topliss-reactive ketones (excluding diaryl/α,β-unsaturated/α-hetero) is 1. The van der Waals surface area contributed by atoms with Crippen molar-refractivity contribution in [2.45, 2.75) is 176 Å². The first-order chi connectivity index (χ1) is 54.5. The molecular weight excluding hydrogens is 1660 g/mol. The number of hydrogen-bond donors (Lipinski definition) is 16. The number of nitrogens with zero attached hydrogens (tertiary/aromatic N) is 6. The van der Waals surface area contributed by atoms with Crippen LogP contribution in [0.15, 0.2) is 47.5 Å². The van der Waals surface area contributed by atoms with Crippen LogP contribution >= 0.6 is 31.9 Å². The molecule has 40 nitrogen and oxygen atoms in total. The van der Waals surface area contributed by atoms with Crippen LogP contribution in [0.2, 0.25) is 0 Å². The SMILES string of the molecule is CC[C@H](C)[C@@H]1NC(=O)CNC(=O)[C@H]2Cc3c([nH]c4cc(OC(=O)N(C)CCN(C)C(=O)OCc5ccc(NC(=O)[C@H](CCCNC(N)=O)NC(=O)[C@@H](NC(=O)CCCn6nnc(CBr)c6CBr)C(C)C)cc5)ccc34)S(=O)C[C@H](NC(=O)CNC1=O)C(=O)C[C@@H](CC(N)=O)C(=O)N1C[C@H](O)C[C@H]1C(=O)N[C@@H]([C@@H](C)[C@@H](O)CO)C(=O)N2. The number of halogens is 2. The average Bonchev–Trinajstić information content (AvgIpc) is 1.64. The maximum Gasteiger partial charge on any atom is 0.415 e. The second-order valence-corrected chi connectivity index (χ2v) is 31.3. The van der Waals surface area contributed by atoms with Crippen LogP contribution in [0.3, 0.4) is 0 Å². The molecule has 1 saturated heterocycles. The zero-order chi connectivity index (χ0) is 84.7. The third-order valence-electron chi connectivity index (χ3n) is 19.8. The number of aliphatic hydroxyl groups excluding tert-OH is 3. The number of urea groups is 1. The number of H-pyrrole nitrogens is 1. The van der Waals surface area contributed by atoms with Gasteiger partial charge in [-0.2, -0.15) is 0 Å². The van der Waals surface area contributed by atoms with Crippen molar-refractivity contribution in [2.24, 2.45) is 35.1 Å². The Bertz CT molecular complexity index is 4240. The number of aromatic nitrogens is 4. The summed E-state index contributed by atoms with van der Waals surface area (Å²) in [7, 11) is 0.257. The number of carbonyl (C=O) groups is 15. The van der Waals surface area contributed by atoms with Gasteiger partial charge in [0.25, 0.3) is 0 Å². The fraction of sp³-hybridized carbons (Fsp3) is 0.569. The van der Waals surface area contributed by atoms with Crippen molar-refractivity contribution >= 4 is 148 Å². The number of nitrogens with two attached hydrogens (primary N) is 2. The summed E-state index contributed by atoms with van der Waals surface area (Å²) in [5.74, 6) is -16.0. The molecule has 0 aliphatic carbocycles. The second-order valence-electron chi connectivity index (χ2n) is 28.7. The van der Waals surface area contributed by atoms with Crippen LogP contribution in [-0.4, -0.2) is 263 Å². The predicted molar refractivity (Wildman–Crippen MR) is 418 cm³/mol. The molecule has 13 atom stereocenters. The van der Waals surface area contributed by atoms with Crippen molar-refractivity contribution in [3.63, 3.8) is 0 Å². The molecule has 1 unspecified atom stereocenters. The zero-order valence-electron chi connectivity index (χ0n) is 64.6. The van der Waals surface area contributed by atoms with Crippen LogP contribution in [0.25, 0.3) is 10.9 Å². The average molecular weight is 1760 g/mol. The monoisotopic (exact) mass is 1760 g/mol. The van der Waals surface area contributed by atoms with Crippen LogP contribution < -0.4 is 69.4 Å². The minimum absolute atomic E-state index is 0.0187. The molecule has 630 valence electrons. The largest absolute Gasteiger partial charge is 0.445 e. The van der Waals surface area contributed by atoms with Crippen molar-refractivity contribution in [2.75, 3.05) is 71.0 Å². The van der Waals surface area contributed by atoms with Gasteiger partial charge in [0.2, 0.25) is 65.0 Å². The molecule has 0 radical (unpaired) electrons. The van der Waals surface area contributed by atoms with E-state index in [4.69, 9.17) is 20.9 Å². The quantitative estimate of drug-likeness (QED) is 0.0207. The molecular formula is C72H101Br2N19O21S. The first-order valence-electron chi connectivity index (χ1n) is 37.3. The van der Waals surface area contributed by atoms with E-state index >= 15 is 4.21 Å². The summed E-state index contributed by atoms with van der Waals surface area (Å²) < 4.78 is 28.3. The molecule has 1 fully saturated rings. The number of primary amides is 2. The number of anilines is 1. The molecule has 43 heteroatoms. The lowest BCUT2D eigenvalue weighted by atomic mass is 9.93. The number of nitrogens with one attached hydrogen (secondary N) is 11. The Kier molecular flexibility index (Phi) is 34.8. The van der Waals surface area contributed by atoms with Crippen LogP contribution in [0.1, 0.15) is 109 Å². The van der Waals surface area contributed by atoms with Crippen molar-refractivity contribution in [3.8, 4) is 5.75 Å². The molecule has 5 heterocycles. The Morgan fingerprint density at radius 3 is 2.11 bits per heavy atom. The highest BCUT2D eigenvalue weighted by atomic mass is 79.9. The highest BCUT2D eigenvalue weighted by Gasteiger charge is 2.46. The van der Waals surface area contributed by atoms with Gasteiger partial charge in [0.1, 0.15) is 53.6 Å². The third kappa shape index (κ3) is 26.1. The smallest absolute Gasteiger partial charge is 0.415 e. The number of amides is 15. The van der Waals surface area contributed by atoms with Gasteiger partial charge in [0, 0.05) is 113 Å². The summed E-state index contributed by atoms with van der Waals surface area (Å²) >= 11 is 6.83. The number of fused-ring (bicyclic) bond motifs is 5. The van der Waals surface area contributed by atoms with E-state index in [1.54, 1.807) is 56.6 Å². The van der Waals surface area contributed by atoms with E-state index in [1.165, 1.54) is 44.1 Å². The van der Waals surface area contributed by atoms with E-state index in [0.717, 1.165) is 21.2 Å². The van der Waals surface area contributed by atoms with Gasteiger partial charge in [-0.15, -0.1) is 5.10 Å². The summed E-state index contributed by atoms with van der Waals surface area (Å²) in [5.41, 5.74) is 13.3. The van der Waals surface area contributed by atoms with E-state index < -0.39 is 230 Å².